The van der Waals surface area contributed by atoms with E-state index in [2.05, 4.69) is 27.0 Å². The highest BCUT2D eigenvalue weighted by molar-refractivity contribution is 5.89. The highest BCUT2D eigenvalue weighted by atomic mass is 16.5. The number of aromatic nitrogens is 2. The van der Waals surface area contributed by atoms with Crippen molar-refractivity contribution in [3.05, 3.63) is 54.4 Å². The van der Waals surface area contributed by atoms with Gasteiger partial charge in [0.25, 0.3) is 0 Å². The van der Waals surface area contributed by atoms with Crippen LogP contribution in [0.3, 0.4) is 0 Å². The van der Waals surface area contributed by atoms with Crippen LogP contribution in [0.4, 0.5) is 5.82 Å². The summed E-state index contributed by atoms with van der Waals surface area (Å²) in [4.78, 5) is 11.4. The number of rotatable bonds is 4. The molecular weight excluding hydrogens is 314 g/mol. The Hall–Kier alpha value is -2.82. The van der Waals surface area contributed by atoms with Gasteiger partial charge in [0, 0.05) is 17.5 Å². The Morgan fingerprint density at radius 2 is 1.92 bits per heavy atom. The summed E-state index contributed by atoms with van der Waals surface area (Å²) in [7, 11) is 3.40. The lowest BCUT2D eigenvalue weighted by atomic mass is 10.0. The highest BCUT2D eigenvalue weighted by Crippen LogP contribution is 2.42. The molecule has 5 heteroatoms. The van der Waals surface area contributed by atoms with Crippen molar-refractivity contribution in [3.63, 3.8) is 0 Å². The van der Waals surface area contributed by atoms with Crippen LogP contribution in [-0.4, -0.2) is 30.7 Å². The molecule has 1 aliphatic rings. The van der Waals surface area contributed by atoms with E-state index in [4.69, 9.17) is 9.47 Å². The maximum Gasteiger partial charge on any atom is 0.140 e. The number of methoxy groups -OCH3 is 2. The zero-order valence-electron chi connectivity index (χ0n) is 14.5. The predicted octanol–water partition coefficient (Wildman–Crippen LogP) is 3.99. The summed E-state index contributed by atoms with van der Waals surface area (Å²) in [6, 6.07) is 14.3. The van der Waals surface area contributed by atoms with Gasteiger partial charge in [0.1, 0.15) is 23.6 Å². The standard InChI is InChI=1S/C20H21N3O2/c1-24-14-9-10-19(25-2)16(12-14)18-8-5-11-23(18)20-15-6-3-4-7-17(15)21-13-22-20/h3-4,6-7,9-10,12-13,18H,5,8,11H2,1-2H3. The molecule has 2 aromatic carbocycles. The van der Waals surface area contributed by atoms with Gasteiger partial charge in [-0.2, -0.15) is 0 Å². The van der Waals surface area contributed by atoms with Crippen molar-refractivity contribution >= 4 is 16.7 Å². The first-order valence-corrected chi connectivity index (χ1v) is 8.50. The van der Waals surface area contributed by atoms with Gasteiger partial charge in [0.15, 0.2) is 0 Å². The van der Waals surface area contributed by atoms with Crippen LogP contribution in [0, 0.1) is 0 Å². The molecule has 1 atom stereocenters. The quantitative estimate of drug-likeness (QED) is 0.721. The van der Waals surface area contributed by atoms with E-state index in [9.17, 15) is 0 Å². The zero-order valence-corrected chi connectivity index (χ0v) is 14.5. The molecule has 0 N–H and O–H groups in total. The number of benzene rings is 2. The number of para-hydroxylation sites is 1. The first-order valence-electron chi connectivity index (χ1n) is 8.50. The smallest absolute Gasteiger partial charge is 0.140 e. The van der Waals surface area contributed by atoms with Gasteiger partial charge in [0.05, 0.1) is 25.8 Å². The van der Waals surface area contributed by atoms with E-state index < -0.39 is 0 Å². The van der Waals surface area contributed by atoms with E-state index >= 15 is 0 Å². The van der Waals surface area contributed by atoms with Crippen LogP contribution in [0.5, 0.6) is 11.5 Å². The van der Waals surface area contributed by atoms with Crippen LogP contribution in [0.2, 0.25) is 0 Å². The molecule has 1 aliphatic heterocycles. The van der Waals surface area contributed by atoms with Crippen LogP contribution < -0.4 is 14.4 Å². The molecule has 1 aromatic heterocycles. The van der Waals surface area contributed by atoms with E-state index in [0.717, 1.165) is 53.2 Å². The second-order valence-corrected chi connectivity index (χ2v) is 6.17. The van der Waals surface area contributed by atoms with Crippen molar-refractivity contribution in [2.24, 2.45) is 0 Å². The van der Waals surface area contributed by atoms with Crippen LogP contribution in [0.1, 0.15) is 24.4 Å². The Bertz CT molecular complexity index is 892. The molecular formula is C20H21N3O2. The molecule has 128 valence electrons. The molecule has 1 saturated heterocycles. The van der Waals surface area contributed by atoms with Gasteiger partial charge in [-0.1, -0.05) is 12.1 Å². The monoisotopic (exact) mass is 335 g/mol. The minimum atomic E-state index is 0.211. The van der Waals surface area contributed by atoms with Gasteiger partial charge in [-0.25, -0.2) is 9.97 Å². The Kier molecular flexibility index (Phi) is 4.14. The van der Waals surface area contributed by atoms with Gasteiger partial charge in [0.2, 0.25) is 0 Å². The summed E-state index contributed by atoms with van der Waals surface area (Å²) in [5.74, 6) is 2.71. The van der Waals surface area contributed by atoms with Gasteiger partial charge in [-0.05, 0) is 43.2 Å². The van der Waals surface area contributed by atoms with E-state index in [1.54, 1.807) is 20.5 Å². The van der Waals surface area contributed by atoms with E-state index in [1.807, 2.05) is 30.3 Å². The number of anilines is 1. The summed E-state index contributed by atoms with van der Waals surface area (Å²) in [6.45, 7) is 0.964. The van der Waals surface area contributed by atoms with E-state index in [0.29, 0.717) is 0 Å². The normalized spacial score (nSPS) is 17.0. The van der Waals surface area contributed by atoms with E-state index in [1.165, 1.54) is 0 Å². The van der Waals surface area contributed by atoms with Gasteiger partial charge >= 0.3 is 0 Å². The molecule has 0 radical (unpaired) electrons. The Balaban J connectivity index is 1.81. The molecule has 2 heterocycles. The minimum Gasteiger partial charge on any atom is -0.497 e. The van der Waals surface area contributed by atoms with Crippen molar-refractivity contribution in [1.82, 2.24) is 9.97 Å². The fourth-order valence-corrected chi connectivity index (χ4v) is 3.66. The second-order valence-electron chi connectivity index (χ2n) is 6.17. The van der Waals surface area contributed by atoms with Gasteiger partial charge in [-0.15, -0.1) is 0 Å². The molecule has 0 aliphatic carbocycles. The van der Waals surface area contributed by atoms with Crippen molar-refractivity contribution in [3.8, 4) is 11.5 Å². The van der Waals surface area contributed by atoms with Crippen LogP contribution in [-0.2, 0) is 0 Å². The average molecular weight is 335 g/mol. The molecule has 5 nitrogen and oxygen atoms in total. The highest BCUT2D eigenvalue weighted by Gasteiger charge is 2.30. The maximum atomic E-state index is 5.61. The Labute approximate surface area is 147 Å². The summed E-state index contributed by atoms with van der Waals surface area (Å²) in [5, 5.41) is 1.08. The third kappa shape index (κ3) is 2.76. The molecule has 4 rings (SSSR count). The lowest BCUT2D eigenvalue weighted by Gasteiger charge is -2.28. The molecule has 1 fully saturated rings. The Morgan fingerprint density at radius 1 is 1.04 bits per heavy atom. The van der Waals surface area contributed by atoms with Crippen LogP contribution >= 0.6 is 0 Å². The molecule has 0 saturated carbocycles. The number of ether oxygens (including phenoxy) is 2. The summed E-state index contributed by atoms with van der Waals surface area (Å²) in [5.41, 5.74) is 2.11. The lowest BCUT2D eigenvalue weighted by Crippen LogP contribution is -2.24. The fraction of sp³-hybridized carbons (Fsp3) is 0.300. The van der Waals surface area contributed by atoms with Crippen molar-refractivity contribution < 1.29 is 9.47 Å². The maximum absolute atomic E-state index is 5.61. The topological polar surface area (TPSA) is 47.5 Å². The first-order chi connectivity index (χ1) is 12.3. The number of nitrogens with zero attached hydrogens (tertiary/aromatic N) is 3. The van der Waals surface area contributed by atoms with Gasteiger partial charge < -0.3 is 14.4 Å². The average Bonchev–Trinajstić information content (AvgIpc) is 3.16. The molecule has 0 bridgehead atoms. The summed E-state index contributed by atoms with van der Waals surface area (Å²) < 4.78 is 11.0. The number of fused-ring (bicyclic) bond motifs is 1. The largest absolute Gasteiger partial charge is 0.497 e. The molecule has 1 unspecified atom stereocenters. The third-order valence-electron chi connectivity index (χ3n) is 4.84. The number of hydrogen-bond donors (Lipinski definition) is 0. The molecule has 25 heavy (non-hydrogen) atoms. The first kappa shape index (κ1) is 15.7. The SMILES string of the molecule is COc1ccc(OC)c(C2CCCN2c2ncnc3ccccc23)c1. The van der Waals surface area contributed by atoms with Crippen molar-refractivity contribution in [1.29, 1.82) is 0 Å². The molecule has 0 amide bonds. The van der Waals surface area contributed by atoms with Crippen LogP contribution in [0.15, 0.2) is 48.8 Å². The Morgan fingerprint density at radius 3 is 2.76 bits per heavy atom. The molecule has 0 spiro atoms. The van der Waals surface area contributed by atoms with Crippen LogP contribution in [0.25, 0.3) is 10.9 Å². The third-order valence-corrected chi connectivity index (χ3v) is 4.84. The summed E-state index contributed by atoms with van der Waals surface area (Å²) in [6.07, 6.45) is 3.82. The fourth-order valence-electron chi connectivity index (χ4n) is 3.66. The summed E-state index contributed by atoms with van der Waals surface area (Å²) >= 11 is 0. The minimum absolute atomic E-state index is 0.211. The predicted molar refractivity (Wildman–Crippen MR) is 98.4 cm³/mol. The lowest BCUT2D eigenvalue weighted by molar-refractivity contribution is 0.395. The zero-order chi connectivity index (χ0) is 17.2. The molecule has 3 aromatic rings. The van der Waals surface area contributed by atoms with Crippen molar-refractivity contribution in [2.75, 3.05) is 25.7 Å². The van der Waals surface area contributed by atoms with E-state index in [-0.39, 0.29) is 6.04 Å². The van der Waals surface area contributed by atoms with Gasteiger partial charge in [-0.3, -0.25) is 0 Å². The second kappa shape index (κ2) is 6.59. The van der Waals surface area contributed by atoms with Crippen molar-refractivity contribution in [2.45, 2.75) is 18.9 Å². The number of hydrogen-bond acceptors (Lipinski definition) is 5.